The van der Waals surface area contributed by atoms with Crippen LogP contribution in [0.2, 0.25) is 0 Å². The second-order valence-corrected chi connectivity index (χ2v) is 7.47. The molecule has 0 saturated carbocycles. The molecule has 0 aliphatic carbocycles. The number of imidazole rings is 1. The van der Waals surface area contributed by atoms with E-state index < -0.39 is 10.2 Å². The van der Waals surface area contributed by atoms with E-state index in [0.29, 0.717) is 30.2 Å². The molecular weight excluding hydrogens is 346 g/mol. The maximum Gasteiger partial charge on any atom is 0.274 e. The zero-order valence-electron chi connectivity index (χ0n) is 13.9. The highest BCUT2D eigenvalue weighted by atomic mass is 32.2. The summed E-state index contributed by atoms with van der Waals surface area (Å²) in [6, 6.07) is 3.52. The Morgan fingerprint density at radius 3 is 3.04 bits per heavy atom. The highest BCUT2D eigenvalue weighted by molar-refractivity contribution is 7.87. The van der Waals surface area contributed by atoms with Crippen LogP contribution in [0.4, 0.5) is 0 Å². The van der Waals surface area contributed by atoms with Crippen LogP contribution in [0.5, 0.6) is 5.75 Å². The predicted octanol–water partition coefficient (Wildman–Crippen LogP) is -0.0118. The van der Waals surface area contributed by atoms with E-state index in [4.69, 9.17) is 9.88 Å². The molecule has 0 bridgehead atoms. The first-order valence-electron chi connectivity index (χ1n) is 7.95. The monoisotopic (exact) mass is 367 g/mol. The largest absolute Gasteiger partial charge is 0.497 e. The number of hydrogen-bond donors (Lipinski definition) is 2. The summed E-state index contributed by atoms with van der Waals surface area (Å²) in [6.07, 6.45) is 4.95. The number of amides is 1. The number of nitrogens with one attached hydrogen (secondary N) is 1. The molecule has 3 rings (SSSR count). The number of nitrogens with two attached hydrogens (primary N) is 1. The highest BCUT2D eigenvalue weighted by Gasteiger charge is 2.26. The minimum atomic E-state index is -3.72. The number of carbonyl (C=O) groups excluding carboxylic acids is 1. The van der Waals surface area contributed by atoms with Gasteiger partial charge in [0.2, 0.25) is 0 Å². The van der Waals surface area contributed by atoms with Crippen LogP contribution in [0, 0.1) is 5.92 Å². The summed E-state index contributed by atoms with van der Waals surface area (Å²) in [5.74, 6) is 0.581. The maximum absolute atomic E-state index is 12.8. The predicted molar refractivity (Wildman–Crippen MR) is 91.5 cm³/mol. The Morgan fingerprint density at radius 2 is 2.32 bits per heavy atom. The van der Waals surface area contributed by atoms with Gasteiger partial charge < -0.3 is 9.64 Å². The Labute approximate surface area is 146 Å². The second kappa shape index (κ2) is 6.98. The lowest BCUT2D eigenvalue weighted by molar-refractivity contribution is 0.0669. The molecule has 2 aromatic rings. The van der Waals surface area contributed by atoms with Crippen molar-refractivity contribution in [2.45, 2.75) is 12.8 Å². The van der Waals surface area contributed by atoms with E-state index in [1.807, 2.05) is 0 Å². The van der Waals surface area contributed by atoms with E-state index in [-0.39, 0.29) is 18.4 Å². The smallest absolute Gasteiger partial charge is 0.274 e. The fraction of sp³-hybridized carbons (Fsp3) is 0.467. The zero-order chi connectivity index (χ0) is 18.0. The van der Waals surface area contributed by atoms with E-state index >= 15 is 0 Å². The van der Waals surface area contributed by atoms with Crippen molar-refractivity contribution in [1.29, 1.82) is 0 Å². The first-order valence-corrected chi connectivity index (χ1v) is 9.50. The van der Waals surface area contributed by atoms with Crippen LogP contribution in [0.15, 0.2) is 24.5 Å². The first kappa shape index (κ1) is 17.6. The van der Waals surface area contributed by atoms with Crippen molar-refractivity contribution in [2.24, 2.45) is 11.1 Å². The molecule has 1 saturated heterocycles. The topological polar surface area (TPSA) is 119 Å². The van der Waals surface area contributed by atoms with Crippen molar-refractivity contribution in [3.8, 4) is 5.75 Å². The van der Waals surface area contributed by atoms with Crippen LogP contribution >= 0.6 is 0 Å². The molecule has 1 aliphatic rings. The number of fused-ring (bicyclic) bond motifs is 1. The Morgan fingerprint density at radius 1 is 1.52 bits per heavy atom. The Balaban J connectivity index is 1.74. The first-order chi connectivity index (χ1) is 11.9. The van der Waals surface area contributed by atoms with E-state index in [1.165, 1.54) is 0 Å². The van der Waals surface area contributed by atoms with Crippen LogP contribution < -0.4 is 14.6 Å². The van der Waals surface area contributed by atoms with Gasteiger partial charge in [0.05, 0.1) is 13.3 Å². The Bertz CT molecular complexity index is 879. The SMILES string of the molecule is COc1ccn2c(C(=O)N3CCCC(CNS(N)(=O)=O)C3)cnc2c1. The highest BCUT2D eigenvalue weighted by Crippen LogP contribution is 2.20. The number of nitrogens with zero attached hydrogens (tertiary/aromatic N) is 3. The number of methoxy groups -OCH3 is 1. The van der Waals surface area contributed by atoms with Crippen LogP contribution in [0.25, 0.3) is 5.65 Å². The van der Waals surface area contributed by atoms with Gasteiger partial charge in [-0.15, -0.1) is 0 Å². The lowest BCUT2D eigenvalue weighted by Crippen LogP contribution is -2.44. The average molecular weight is 367 g/mol. The standard InChI is InChI=1S/C15H21N5O4S/c1-24-12-4-6-20-13(9-17-14(20)7-12)15(21)19-5-2-3-11(10-19)8-18-25(16,22)23/h4,6-7,9,11,18H,2-3,5,8,10H2,1H3,(H2,16,22,23). The molecule has 25 heavy (non-hydrogen) atoms. The fourth-order valence-corrected chi connectivity index (χ4v) is 3.53. The summed E-state index contributed by atoms with van der Waals surface area (Å²) in [5.41, 5.74) is 1.10. The number of piperidine rings is 1. The van der Waals surface area contributed by atoms with Gasteiger partial charge in [-0.25, -0.2) is 14.8 Å². The van der Waals surface area contributed by atoms with Gasteiger partial charge in [-0.3, -0.25) is 9.20 Å². The Kier molecular flexibility index (Phi) is 4.93. The van der Waals surface area contributed by atoms with Gasteiger partial charge >= 0.3 is 0 Å². The van der Waals surface area contributed by atoms with Crippen molar-refractivity contribution in [2.75, 3.05) is 26.7 Å². The molecule has 0 spiro atoms. The molecule has 136 valence electrons. The van der Waals surface area contributed by atoms with E-state index in [9.17, 15) is 13.2 Å². The van der Waals surface area contributed by atoms with Gasteiger partial charge in [-0.2, -0.15) is 8.42 Å². The minimum Gasteiger partial charge on any atom is -0.497 e. The molecule has 0 aromatic carbocycles. The quantitative estimate of drug-likeness (QED) is 0.770. The molecular formula is C15H21N5O4S. The van der Waals surface area contributed by atoms with Crippen molar-refractivity contribution >= 4 is 21.8 Å². The van der Waals surface area contributed by atoms with Crippen LogP contribution in [0.1, 0.15) is 23.3 Å². The van der Waals surface area contributed by atoms with E-state index in [2.05, 4.69) is 9.71 Å². The number of rotatable bonds is 5. The lowest BCUT2D eigenvalue weighted by atomic mass is 9.98. The third-order valence-electron chi connectivity index (χ3n) is 4.32. The summed E-state index contributed by atoms with van der Waals surface area (Å²) >= 11 is 0. The summed E-state index contributed by atoms with van der Waals surface area (Å²) < 4.78 is 31.3. The van der Waals surface area contributed by atoms with Gasteiger partial charge in [0, 0.05) is 31.9 Å². The molecule has 0 radical (unpaired) electrons. The fourth-order valence-electron chi connectivity index (χ4n) is 3.06. The van der Waals surface area contributed by atoms with Gasteiger partial charge in [0.1, 0.15) is 17.1 Å². The van der Waals surface area contributed by atoms with Crippen LogP contribution in [-0.2, 0) is 10.2 Å². The summed E-state index contributed by atoms with van der Waals surface area (Å²) in [5, 5.41) is 4.97. The molecule has 2 aromatic heterocycles. The molecule has 10 heteroatoms. The van der Waals surface area contributed by atoms with E-state index in [1.54, 1.807) is 40.9 Å². The lowest BCUT2D eigenvalue weighted by Gasteiger charge is -2.32. The molecule has 9 nitrogen and oxygen atoms in total. The third-order valence-corrected chi connectivity index (χ3v) is 4.89. The molecule has 3 heterocycles. The third kappa shape index (κ3) is 4.09. The van der Waals surface area contributed by atoms with Crippen molar-refractivity contribution < 1.29 is 17.9 Å². The number of carbonyl (C=O) groups is 1. The number of ether oxygens (including phenoxy) is 1. The summed E-state index contributed by atoms with van der Waals surface area (Å²) in [7, 11) is -2.15. The second-order valence-electron chi connectivity index (χ2n) is 6.09. The number of aromatic nitrogens is 2. The number of hydrogen-bond acceptors (Lipinski definition) is 5. The Hall–Kier alpha value is -2.17. The number of likely N-dealkylation sites (tertiary alicyclic amines) is 1. The number of pyridine rings is 1. The zero-order valence-corrected chi connectivity index (χ0v) is 14.7. The van der Waals surface area contributed by atoms with Crippen molar-refractivity contribution in [3.63, 3.8) is 0 Å². The average Bonchev–Trinajstić information content (AvgIpc) is 3.02. The molecule has 1 atom stereocenters. The van der Waals surface area contributed by atoms with Gasteiger partial charge in [-0.1, -0.05) is 0 Å². The molecule has 1 unspecified atom stereocenters. The molecule has 1 aliphatic heterocycles. The van der Waals surface area contributed by atoms with Crippen molar-refractivity contribution in [1.82, 2.24) is 19.0 Å². The molecule has 1 fully saturated rings. The minimum absolute atomic E-state index is 0.0373. The maximum atomic E-state index is 12.8. The van der Waals surface area contributed by atoms with E-state index in [0.717, 1.165) is 12.8 Å². The molecule has 1 amide bonds. The molecule has 3 N–H and O–H groups in total. The van der Waals surface area contributed by atoms with Gasteiger partial charge in [0.15, 0.2) is 0 Å². The summed E-state index contributed by atoms with van der Waals surface area (Å²) in [4.78, 5) is 18.8. The van der Waals surface area contributed by atoms with Gasteiger partial charge in [-0.05, 0) is 24.8 Å². The van der Waals surface area contributed by atoms with Crippen LogP contribution in [-0.4, -0.2) is 55.4 Å². The summed E-state index contributed by atoms with van der Waals surface area (Å²) in [6.45, 7) is 1.34. The van der Waals surface area contributed by atoms with Crippen molar-refractivity contribution in [3.05, 3.63) is 30.2 Å². The van der Waals surface area contributed by atoms with Crippen LogP contribution in [0.3, 0.4) is 0 Å². The normalized spacial score (nSPS) is 18.5. The van der Waals surface area contributed by atoms with Gasteiger partial charge in [0.25, 0.3) is 16.1 Å².